The monoisotopic (exact) mass is 367 g/mol. The van der Waals surface area contributed by atoms with Crippen LogP contribution < -0.4 is 14.8 Å². The minimum absolute atomic E-state index is 0.124. The van der Waals surface area contributed by atoms with Crippen molar-refractivity contribution in [3.63, 3.8) is 0 Å². The zero-order chi connectivity index (χ0) is 19.0. The van der Waals surface area contributed by atoms with Crippen LogP contribution in [0.1, 0.15) is 54.2 Å². The van der Waals surface area contributed by atoms with Crippen LogP contribution in [-0.2, 0) is 4.74 Å². The Bertz CT molecular complexity index is 833. The molecule has 4 heteroatoms. The molecule has 4 rings (SSSR count). The van der Waals surface area contributed by atoms with Crippen LogP contribution in [0.2, 0.25) is 0 Å². The lowest BCUT2D eigenvalue weighted by molar-refractivity contribution is -0.0384. The van der Waals surface area contributed by atoms with Gasteiger partial charge in [-0.2, -0.15) is 0 Å². The van der Waals surface area contributed by atoms with E-state index in [2.05, 4.69) is 43.4 Å². The van der Waals surface area contributed by atoms with E-state index < -0.39 is 0 Å². The molecule has 3 atom stereocenters. The van der Waals surface area contributed by atoms with Crippen LogP contribution in [0.3, 0.4) is 0 Å². The molecule has 1 N–H and O–H groups in total. The molecule has 0 radical (unpaired) electrons. The topological polar surface area (TPSA) is 39.7 Å². The van der Waals surface area contributed by atoms with Gasteiger partial charge in [0.25, 0.3) is 0 Å². The fraction of sp³-hybridized carbons (Fsp3) is 0.478. The normalized spacial score (nSPS) is 23.8. The molecule has 1 fully saturated rings. The third kappa shape index (κ3) is 3.16. The number of nitrogens with one attached hydrogen (secondary N) is 1. The number of methoxy groups -OCH3 is 1. The fourth-order valence-electron chi connectivity index (χ4n) is 4.72. The molecule has 144 valence electrons. The first kappa shape index (κ1) is 18.2. The minimum Gasteiger partial charge on any atom is -0.492 e. The second-order valence-corrected chi connectivity index (χ2v) is 7.58. The number of hydrogen-bond donors (Lipinski definition) is 1. The number of anilines is 1. The first-order valence-electron chi connectivity index (χ1n) is 9.93. The van der Waals surface area contributed by atoms with Crippen LogP contribution >= 0.6 is 0 Å². The highest BCUT2D eigenvalue weighted by Crippen LogP contribution is 2.52. The number of fused-ring (bicyclic) bond motifs is 3. The molecule has 27 heavy (non-hydrogen) atoms. The minimum atomic E-state index is 0.124. The molecule has 2 aromatic rings. The molecule has 0 saturated carbocycles. The lowest BCUT2D eigenvalue weighted by Gasteiger charge is -2.44. The van der Waals surface area contributed by atoms with Crippen molar-refractivity contribution in [1.82, 2.24) is 0 Å². The molecule has 2 aliphatic rings. The maximum Gasteiger partial charge on any atom is 0.165 e. The Morgan fingerprint density at radius 2 is 2.04 bits per heavy atom. The van der Waals surface area contributed by atoms with Crippen molar-refractivity contribution in [3.05, 3.63) is 52.6 Å². The van der Waals surface area contributed by atoms with Crippen LogP contribution in [0.4, 0.5) is 5.69 Å². The van der Waals surface area contributed by atoms with Crippen LogP contribution in [0.25, 0.3) is 0 Å². The van der Waals surface area contributed by atoms with Crippen LogP contribution in [-0.4, -0.2) is 20.3 Å². The summed E-state index contributed by atoms with van der Waals surface area (Å²) in [5.41, 5.74) is 6.21. The average molecular weight is 367 g/mol. The van der Waals surface area contributed by atoms with Gasteiger partial charge in [0.2, 0.25) is 0 Å². The van der Waals surface area contributed by atoms with Crippen molar-refractivity contribution in [2.45, 2.75) is 45.8 Å². The molecule has 0 spiro atoms. The highest BCUT2D eigenvalue weighted by atomic mass is 16.5. The summed E-state index contributed by atoms with van der Waals surface area (Å²) >= 11 is 0. The summed E-state index contributed by atoms with van der Waals surface area (Å²) in [6.45, 7) is 7.78. The smallest absolute Gasteiger partial charge is 0.165 e. The van der Waals surface area contributed by atoms with Crippen molar-refractivity contribution >= 4 is 5.69 Å². The number of hydrogen-bond acceptors (Lipinski definition) is 4. The van der Waals surface area contributed by atoms with Gasteiger partial charge in [-0.1, -0.05) is 29.8 Å². The summed E-state index contributed by atoms with van der Waals surface area (Å²) in [4.78, 5) is 0. The third-order valence-corrected chi connectivity index (χ3v) is 5.76. The van der Waals surface area contributed by atoms with E-state index >= 15 is 0 Å². The Morgan fingerprint density at radius 3 is 2.81 bits per heavy atom. The van der Waals surface area contributed by atoms with E-state index in [9.17, 15) is 0 Å². The molecular weight excluding hydrogens is 338 g/mol. The molecule has 2 aromatic carbocycles. The van der Waals surface area contributed by atoms with Gasteiger partial charge in [-0.25, -0.2) is 0 Å². The number of benzene rings is 2. The van der Waals surface area contributed by atoms with Gasteiger partial charge < -0.3 is 19.5 Å². The molecule has 0 bridgehead atoms. The molecule has 0 aliphatic carbocycles. The van der Waals surface area contributed by atoms with Gasteiger partial charge >= 0.3 is 0 Å². The fourth-order valence-corrected chi connectivity index (χ4v) is 4.72. The third-order valence-electron chi connectivity index (χ3n) is 5.76. The van der Waals surface area contributed by atoms with Gasteiger partial charge in [0.15, 0.2) is 11.5 Å². The summed E-state index contributed by atoms with van der Waals surface area (Å²) in [7, 11) is 1.72. The van der Waals surface area contributed by atoms with E-state index in [4.69, 9.17) is 14.2 Å². The van der Waals surface area contributed by atoms with Crippen molar-refractivity contribution in [2.24, 2.45) is 5.92 Å². The Balaban J connectivity index is 1.83. The summed E-state index contributed by atoms with van der Waals surface area (Å²) in [6.07, 6.45) is 2.35. The molecule has 0 aromatic heterocycles. The van der Waals surface area contributed by atoms with Crippen LogP contribution in [0.15, 0.2) is 30.3 Å². The summed E-state index contributed by atoms with van der Waals surface area (Å²) in [6, 6.07) is 10.8. The lowest BCUT2D eigenvalue weighted by Crippen LogP contribution is -2.36. The number of rotatable bonds is 4. The second-order valence-electron chi connectivity index (χ2n) is 7.58. The summed E-state index contributed by atoms with van der Waals surface area (Å²) < 4.78 is 17.9. The van der Waals surface area contributed by atoms with Gasteiger partial charge in [0, 0.05) is 29.3 Å². The molecule has 4 nitrogen and oxygen atoms in total. The van der Waals surface area contributed by atoms with Gasteiger partial charge in [-0.05, 0) is 45.2 Å². The molecule has 1 saturated heterocycles. The quantitative estimate of drug-likeness (QED) is 0.791. The Labute approximate surface area is 161 Å². The second kappa shape index (κ2) is 7.43. The summed E-state index contributed by atoms with van der Waals surface area (Å²) in [5.74, 6) is 2.01. The van der Waals surface area contributed by atoms with Gasteiger partial charge in [-0.15, -0.1) is 0 Å². The Kier molecular flexibility index (Phi) is 5.00. The zero-order valence-corrected chi connectivity index (χ0v) is 16.7. The number of aryl methyl sites for hydroxylation is 2. The Morgan fingerprint density at radius 1 is 1.19 bits per heavy atom. The number of ether oxygens (including phenoxy) is 3. The van der Waals surface area contributed by atoms with Crippen LogP contribution in [0, 0.1) is 19.8 Å². The van der Waals surface area contributed by atoms with Gasteiger partial charge in [0.05, 0.1) is 25.9 Å². The van der Waals surface area contributed by atoms with E-state index in [1.807, 2.05) is 13.0 Å². The van der Waals surface area contributed by atoms with E-state index in [1.165, 1.54) is 22.4 Å². The van der Waals surface area contributed by atoms with E-state index in [1.54, 1.807) is 7.11 Å². The maximum atomic E-state index is 6.31. The predicted molar refractivity (Wildman–Crippen MR) is 108 cm³/mol. The molecule has 0 amide bonds. The highest BCUT2D eigenvalue weighted by molar-refractivity contribution is 5.64. The molecule has 2 heterocycles. The first-order chi connectivity index (χ1) is 13.1. The van der Waals surface area contributed by atoms with E-state index in [0.29, 0.717) is 12.5 Å². The Hall–Kier alpha value is -2.20. The van der Waals surface area contributed by atoms with Gasteiger partial charge in [0.1, 0.15) is 0 Å². The first-order valence-corrected chi connectivity index (χ1v) is 9.93. The lowest BCUT2D eigenvalue weighted by atomic mass is 9.76. The van der Waals surface area contributed by atoms with Gasteiger partial charge in [-0.3, -0.25) is 0 Å². The van der Waals surface area contributed by atoms with Crippen LogP contribution in [0.5, 0.6) is 11.5 Å². The largest absolute Gasteiger partial charge is 0.492 e. The van der Waals surface area contributed by atoms with Crippen molar-refractivity contribution in [1.29, 1.82) is 0 Å². The molecular formula is C23H29NO3. The van der Waals surface area contributed by atoms with E-state index in [0.717, 1.165) is 36.5 Å². The summed E-state index contributed by atoms with van der Waals surface area (Å²) in [5, 5.41) is 3.84. The van der Waals surface area contributed by atoms with Crippen molar-refractivity contribution in [3.8, 4) is 11.5 Å². The average Bonchev–Trinajstić information content (AvgIpc) is 2.67. The van der Waals surface area contributed by atoms with Crippen molar-refractivity contribution < 1.29 is 14.2 Å². The molecule has 2 aliphatic heterocycles. The molecule has 0 unspecified atom stereocenters. The SMILES string of the molecule is CCOc1cccc([C@@H]2Nc3c(C)cc(C)cc3[C@H]3OCCC[C@H]32)c1OC. The van der Waals surface area contributed by atoms with Crippen molar-refractivity contribution in [2.75, 3.05) is 25.6 Å². The highest BCUT2D eigenvalue weighted by Gasteiger charge is 2.41. The maximum absolute atomic E-state index is 6.31. The zero-order valence-electron chi connectivity index (χ0n) is 16.7. The standard InChI is InChI=1S/C23H29NO3/c1-5-26-19-10-6-8-17(23(19)25-4)21-16-9-7-11-27-22(16)18-13-14(2)12-15(3)20(18)24-21/h6,8,10,12-13,16,21-22,24H,5,7,9,11H2,1-4H3/t16-,21+,22-/m0/s1. The predicted octanol–water partition coefficient (Wildman–Crippen LogP) is 5.35. The van der Waals surface area contributed by atoms with E-state index in [-0.39, 0.29) is 12.1 Å². The number of para-hydroxylation sites is 1.